The van der Waals surface area contributed by atoms with Gasteiger partial charge in [-0.1, -0.05) is 4.49 Å². The molecular weight excluding hydrogens is 186 g/mol. The molecule has 1 saturated heterocycles. The van der Waals surface area contributed by atoms with Crippen molar-refractivity contribution in [3.8, 4) is 0 Å². The van der Waals surface area contributed by atoms with Crippen LogP contribution in [0.3, 0.4) is 0 Å². The maximum absolute atomic E-state index is 10.1. The third-order valence-corrected chi connectivity index (χ3v) is 2.92. The Kier molecular flexibility index (Phi) is 2.57. The van der Waals surface area contributed by atoms with E-state index in [1.807, 2.05) is 5.38 Å². The first-order valence-corrected chi connectivity index (χ1v) is 5.31. The third kappa shape index (κ3) is 2.24. The molecule has 1 aliphatic rings. The second-order valence-corrected chi connectivity index (χ2v) is 4.19. The minimum Gasteiger partial charge on any atom is -0.388 e. The fourth-order valence-electron chi connectivity index (χ4n) is 1.70. The maximum Gasteiger partial charge on any atom is 0.0828 e. The van der Waals surface area contributed by atoms with Crippen LogP contribution in [0.5, 0.6) is 0 Å². The van der Waals surface area contributed by atoms with Gasteiger partial charge in [0, 0.05) is 18.3 Å². The lowest BCUT2D eigenvalue weighted by molar-refractivity contribution is 0.0161. The molecule has 0 aromatic carbocycles. The van der Waals surface area contributed by atoms with Gasteiger partial charge in [0.25, 0.3) is 0 Å². The lowest BCUT2D eigenvalue weighted by Gasteiger charge is -2.31. The zero-order valence-corrected chi connectivity index (χ0v) is 8.18. The molecule has 1 fully saturated rings. The van der Waals surface area contributed by atoms with Gasteiger partial charge in [-0.25, -0.2) is 0 Å². The highest BCUT2D eigenvalue weighted by Gasteiger charge is 2.29. The molecular formula is C8H13N3OS. The fourth-order valence-corrected chi connectivity index (χ4v) is 2.15. The van der Waals surface area contributed by atoms with Crippen molar-refractivity contribution in [1.82, 2.24) is 14.9 Å². The first-order chi connectivity index (χ1) is 6.29. The van der Waals surface area contributed by atoms with E-state index in [0.29, 0.717) is 13.0 Å². The summed E-state index contributed by atoms with van der Waals surface area (Å²) < 4.78 is 3.78. The minimum absolute atomic E-state index is 0.603. The van der Waals surface area contributed by atoms with Crippen LogP contribution in [0.25, 0.3) is 0 Å². The summed E-state index contributed by atoms with van der Waals surface area (Å²) in [6.45, 7) is 1.68. The van der Waals surface area contributed by atoms with Crippen LogP contribution in [0.15, 0.2) is 5.38 Å². The van der Waals surface area contributed by atoms with Gasteiger partial charge < -0.3 is 10.4 Å². The van der Waals surface area contributed by atoms with Gasteiger partial charge >= 0.3 is 0 Å². The Hall–Kier alpha value is -0.520. The number of nitrogens with one attached hydrogen (secondary N) is 1. The largest absolute Gasteiger partial charge is 0.388 e. The standard InChI is InChI=1S/C8H13N3OS/c12-8(2-1-3-9-6-8)4-7-5-13-11-10-7/h5,9,12H,1-4,6H2. The van der Waals surface area contributed by atoms with Crippen molar-refractivity contribution in [3.05, 3.63) is 11.1 Å². The average Bonchev–Trinajstić information content (AvgIpc) is 2.57. The summed E-state index contributed by atoms with van der Waals surface area (Å²) in [5.74, 6) is 0. The molecule has 0 amide bonds. The summed E-state index contributed by atoms with van der Waals surface area (Å²) in [6, 6.07) is 0. The van der Waals surface area contributed by atoms with Crippen molar-refractivity contribution in [2.75, 3.05) is 13.1 Å². The summed E-state index contributed by atoms with van der Waals surface area (Å²) in [7, 11) is 0. The molecule has 0 radical (unpaired) electrons. The Morgan fingerprint density at radius 2 is 2.62 bits per heavy atom. The predicted molar refractivity (Wildman–Crippen MR) is 50.7 cm³/mol. The predicted octanol–water partition coefficient (Wildman–Crippen LogP) is 0.195. The molecule has 13 heavy (non-hydrogen) atoms. The number of piperidine rings is 1. The molecule has 72 valence electrons. The highest BCUT2D eigenvalue weighted by molar-refractivity contribution is 7.03. The van der Waals surface area contributed by atoms with Gasteiger partial charge in [-0.3, -0.25) is 0 Å². The molecule has 0 spiro atoms. The number of rotatable bonds is 2. The summed E-state index contributed by atoms with van der Waals surface area (Å²) in [5.41, 5.74) is 0.296. The zero-order valence-electron chi connectivity index (χ0n) is 7.36. The molecule has 2 rings (SSSR count). The van der Waals surface area contributed by atoms with E-state index in [0.717, 1.165) is 25.1 Å². The normalized spacial score (nSPS) is 29.0. The van der Waals surface area contributed by atoms with Crippen LogP contribution < -0.4 is 5.32 Å². The van der Waals surface area contributed by atoms with Gasteiger partial charge in [-0.2, -0.15) is 0 Å². The van der Waals surface area contributed by atoms with Crippen LogP contribution >= 0.6 is 11.5 Å². The first-order valence-electron chi connectivity index (χ1n) is 4.48. The van der Waals surface area contributed by atoms with Gasteiger partial charge in [0.15, 0.2) is 0 Å². The number of aliphatic hydroxyl groups is 1. The average molecular weight is 199 g/mol. The van der Waals surface area contributed by atoms with Gasteiger partial charge in [-0.15, -0.1) is 5.10 Å². The second kappa shape index (κ2) is 3.69. The van der Waals surface area contributed by atoms with E-state index in [1.165, 1.54) is 11.5 Å². The van der Waals surface area contributed by atoms with Crippen LogP contribution in [0, 0.1) is 0 Å². The molecule has 0 saturated carbocycles. The number of aromatic nitrogens is 2. The van der Waals surface area contributed by atoms with Crippen LogP contribution in [0.2, 0.25) is 0 Å². The van der Waals surface area contributed by atoms with E-state index < -0.39 is 5.60 Å². The molecule has 2 N–H and O–H groups in total. The van der Waals surface area contributed by atoms with Crippen molar-refractivity contribution in [1.29, 1.82) is 0 Å². The van der Waals surface area contributed by atoms with Gasteiger partial charge in [0.1, 0.15) is 0 Å². The fraction of sp³-hybridized carbons (Fsp3) is 0.750. The molecule has 4 nitrogen and oxygen atoms in total. The Morgan fingerprint density at radius 1 is 1.69 bits per heavy atom. The Bertz CT molecular complexity index is 256. The van der Waals surface area contributed by atoms with Crippen molar-refractivity contribution < 1.29 is 5.11 Å². The summed E-state index contributed by atoms with van der Waals surface area (Å²) in [4.78, 5) is 0. The molecule has 2 heterocycles. The number of β-amino-alcohol motifs (C(OH)–C–C–N with tert-alkyl or cyclic N) is 1. The van der Waals surface area contributed by atoms with Gasteiger partial charge in [0.05, 0.1) is 11.3 Å². The van der Waals surface area contributed by atoms with E-state index in [2.05, 4.69) is 14.9 Å². The Balaban J connectivity index is 1.99. The van der Waals surface area contributed by atoms with Crippen LogP contribution in [-0.2, 0) is 6.42 Å². The van der Waals surface area contributed by atoms with Gasteiger partial charge in [0.2, 0.25) is 0 Å². The van der Waals surface area contributed by atoms with Crippen molar-refractivity contribution >= 4 is 11.5 Å². The van der Waals surface area contributed by atoms with Crippen molar-refractivity contribution in [3.63, 3.8) is 0 Å². The molecule has 0 aliphatic carbocycles. The van der Waals surface area contributed by atoms with Crippen LogP contribution in [-0.4, -0.2) is 33.4 Å². The van der Waals surface area contributed by atoms with E-state index in [4.69, 9.17) is 0 Å². The molecule has 1 unspecified atom stereocenters. The molecule has 1 atom stereocenters. The SMILES string of the molecule is OC1(Cc2csnn2)CCCNC1. The lowest BCUT2D eigenvalue weighted by atomic mass is 9.90. The Morgan fingerprint density at radius 3 is 3.23 bits per heavy atom. The van der Waals surface area contributed by atoms with E-state index in [9.17, 15) is 5.11 Å². The number of hydrogen-bond donors (Lipinski definition) is 2. The molecule has 5 heteroatoms. The topological polar surface area (TPSA) is 58.0 Å². The smallest absolute Gasteiger partial charge is 0.0828 e. The second-order valence-electron chi connectivity index (χ2n) is 3.58. The number of hydrogen-bond acceptors (Lipinski definition) is 5. The molecule has 1 aromatic heterocycles. The molecule has 0 bridgehead atoms. The highest BCUT2D eigenvalue weighted by Crippen LogP contribution is 2.20. The van der Waals surface area contributed by atoms with Crippen LogP contribution in [0.1, 0.15) is 18.5 Å². The number of nitrogens with zero attached hydrogens (tertiary/aromatic N) is 2. The Labute approximate surface area is 81.1 Å². The highest BCUT2D eigenvalue weighted by atomic mass is 32.1. The van der Waals surface area contributed by atoms with Gasteiger partial charge in [-0.05, 0) is 30.9 Å². The van der Waals surface area contributed by atoms with Crippen molar-refractivity contribution in [2.45, 2.75) is 24.9 Å². The summed E-state index contributed by atoms with van der Waals surface area (Å²) in [5, 5.41) is 19.1. The zero-order chi connectivity index (χ0) is 9.15. The van der Waals surface area contributed by atoms with Crippen LogP contribution in [0.4, 0.5) is 0 Å². The monoisotopic (exact) mass is 199 g/mol. The minimum atomic E-state index is -0.603. The molecule has 1 aliphatic heterocycles. The van der Waals surface area contributed by atoms with E-state index in [-0.39, 0.29) is 0 Å². The lowest BCUT2D eigenvalue weighted by Crippen LogP contribution is -2.47. The third-order valence-electron chi connectivity index (χ3n) is 2.37. The maximum atomic E-state index is 10.1. The van der Waals surface area contributed by atoms with Crippen molar-refractivity contribution in [2.24, 2.45) is 0 Å². The quantitative estimate of drug-likeness (QED) is 0.714. The molecule has 1 aromatic rings. The summed E-state index contributed by atoms with van der Waals surface area (Å²) >= 11 is 1.33. The first kappa shape index (κ1) is 9.05. The van der Waals surface area contributed by atoms with E-state index >= 15 is 0 Å². The van der Waals surface area contributed by atoms with E-state index in [1.54, 1.807) is 0 Å². The summed E-state index contributed by atoms with van der Waals surface area (Å²) in [6.07, 6.45) is 2.52.